The highest BCUT2D eigenvalue weighted by Crippen LogP contribution is 2.35. The van der Waals surface area contributed by atoms with Gasteiger partial charge in [-0.05, 0) is 31.6 Å². The Labute approximate surface area is 102 Å². The molecule has 2 atom stereocenters. The SMILES string of the molecule is CCCNC(c1nccn1C)C1CCCS1. The molecule has 2 unspecified atom stereocenters. The summed E-state index contributed by atoms with van der Waals surface area (Å²) < 4.78 is 2.15. The number of nitrogens with zero attached hydrogens (tertiary/aromatic N) is 2. The zero-order chi connectivity index (χ0) is 11.4. The van der Waals surface area contributed by atoms with Gasteiger partial charge in [-0.3, -0.25) is 0 Å². The van der Waals surface area contributed by atoms with Gasteiger partial charge in [0.2, 0.25) is 0 Å². The van der Waals surface area contributed by atoms with Crippen molar-refractivity contribution in [1.82, 2.24) is 14.9 Å². The average Bonchev–Trinajstić information content (AvgIpc) is 2.91. The first kappa shape index (κ1) is 12.0. The third-order valence-corrected chi connectivity index (χ3v) is 4.55. The monoisotopic (exact) mass is 239 g/mol. The summed E-state index contributed by atoms with van der Waals surface area (Å²) in [5.41, 5.74) is 0. The van der Waals surface area contributed by atoms with Gasteiger partial charge in [0.05, 0.1) is 6.04 Å². The van der Waals surface area contributed by atoms with Gasteiger partial charge in [-0.2, -0.15) is 11.8 Å². The molecule has 0 bridgehead atoms. The third kappa shape index (κ3) is 2.61. The Balaban J connectivity index is 2.10. The fourth-order valence-corrected chi connectivity index (χ4v) is 3.61. The molecule has 4 heteroatoms. The summed E-state index contributed by atoms with van der Waals surface area (Å²) >= 11 is 2.09. The highest BCUT2D eigenvalue weighted by atomic mass is 32.2. The van der Waals surface area contributed by atoms with Crippen molar-refractivity contribution in [3.8, 4) is 0 Å². The summed E-state index contributed by atoms with van der Waals surface area (Å²) in [5, 5.41) is 4.35. The number of hydrogen-bond donors (Lipinski definition) is 1. The molecular weight excluding hydrogens is 218 g/mol. The summed E-state index contributed by atoms with van der Waals surface area (Å²) in [5.74, 6) is 2.49. The summed E-state index contributed by atoms with van der Waals surface area (Å²) in [6, 6.07) is 0.424. The van der Waals surface area contributed by atoms with Crippen molar-refractivity contribution in [2.24, 2.45) is 7.05 Å². The lowest BCUT2D eigenvalue weighted by Gasteiger charge is -2.23. The summed E-state index contributed by atoms with van der Waals surface area (Å²) in [7, 11) is 2.09. The molecule has 0 radical (unpaired) electrons. The van der Waals surface area contributed by atoms with Crippen LogP contribution in [0.15, 0.2) is 12.4 Å². The van der Waals surface area contributed by atoms with Crippen LogP contribution in [0.1, 0.15) is 38.1 Å². The van der Waals surface area contributed by atoms with Crippen molar-refractivity contribution in [3.05, 3.63) is 18.2 Å². The van der Waals surface area contributed by atoms with E-state index in [4.69, 9.17) is 0 Å². The van der Waals surface area contributed by atoms with Crippen LogP contribution in [0.2, 0.25) is 0 Å². The molecule has 1 aliphatic rings. The molecule has 2 heterocycles. The topological polar surface area (TPSA) is 29.9 Å². The Hall–Kier alpha value is -0.480. The van der Waals surface area contributed by atoms with Crippen LogP contribution in [0.3, 0.4) is 0 Å². The van der Waals surface area contributed by atoms with E-state index in [1.165, 1.54) is 30.8 Å². The highest BCUT2D eigenvalue weighted by molar-refractivity contribution is 8.00. The van der Waals surface area contributed by atoms with E-state index in [9.17, 15) is 0 Å². The molecule has 1 fully saturated rings. The molecule has 1 saturated heterocycles. The predicted molar refractivity (Wildman–Crippen MR) is 69.7 cm³/mol. The average molecular weight is 239 g/mol. The molecule has 3 nitrogen and oxygen atoms in total. The van der Waals surface area contributed by atoms with Crippen LogP contribution >= 0.6 is 11.8 Å². The Bertz CT molecular complexity index is 318. The van der Waals surface area contributed by atoms with E-state index in [0.29, 0.717) is 11.3 Å². The molecule has 1 N–H and O–H groups in total. The van der Waals surface area contributed by atoms with Crippen molar-refractivity contribution < 1.29 is 0 Å². The molecule has 0 saturated carbocycles. The largest absolute Gasteiger partial charge is 0.337 e. The Kier molecular flexibility index (Phi) is 4.29. The molecule has 1 aliphatic heterocycles. The van der Waals surface area contributed by atoms with Gasteiger partial charge in [0.1, 0.15) is 5.82 Å². The summed E-state index contributed by atoms with van der Waals surface area (Å²) in [6.07, 6.45) is 7.78. The van der Waals surface area contributed by atoms with E-state index >= 15 is 0 Å². The maximum Gasteiger partial charge on any atom is 0.126 e. The van der Waals surface area contributed by atoms with Crippen LogP contribution in [0, 0.1) is 0 Å². The molecule has 0 amide bonds. The highest BCUT2D eigenvalue weighted by Gasteiger charge is 2.28. The zero-order valence-electron chi connectivity index (χ0n) is 10.1. The molecule has 1 aromatic heterocycles. The number of aryl methyl sites for hydroxylation is 1. The number of rotatable bonds is 5. The Morgan fingerprint density at radius 2 is 2.56 bits per heavy atom. The van der Waals surface area contributed by atoms with Gasteiger partial charge in [0.15, 0.2) is 0 Å². The second-order valence-electron chi connectivity index (χ2n) is 4.38. The first-order valence-electron chi connectivity index (χ1n) is 6.15. The van der Waals surface area contributed by atoms with Crippen LogP contribution < -0.4 is 5.32 Å². The molecule has 16 heavy (non-hydrogen) atoms. The van der Waals surface area contributed by atoms with E-state index in [2.05, 4.69) is 40.6 Å². The van der Waals surface area contributed by atoms with Crippen LogP contribution in [0.4, 0.5) is 0 Å². The summed E-state index contributed by atoms with van der Waals surface area (Å²) in [6.45, 7) is 3.29. The Morgan fingerprint density at radius 1 is 1.69 bits per heavy atom. The lowest BCUT2D eigenvalue weighted by molar-refractivity contribution is 0.470. The van der Waals surface area contributed by atoms with Crippen molar-refractivity contribution >= 4 is 11.8 Å². The number of thioether (sulfide) groups is 1. The fraction of sp³-hybridized carbons (Fsp3) is 0.750. The number of imidazole rings is 1. The first-order valence-corrected chi connectivity index (χ1v) is 7.20. The minimum absolute atomic E-state index is 0.424. The lowest BCUT2D eigenvalue weighted by Crippen LogP contribution is -2.31. The minimum Gasteiger partial charge on any atom is -0.337 e. The van der Waals surface area contributed by atoms with Gasteiger partial charge in [-0.25, -0.2) is 4.98 Å². The van der Waals surface area contributed by atoms with Crippen LogP contribution in [-0.4, -0.2) is 27.1 Å². The quantitative estimate of drug-likeness (QED) is 0.855. The molecule has 2 rings (SSSR count). The second kappa shape index (κ2) is 5.73. The minimum atomic E-state index is 0.424. The van der Waals surface area contributed by atoms with E-state index in [1.54, 1.807) is 0 Å². The van der Waals surface area contributed by atoms with Crippen LogP contribution in [0.5, 0.6) is 0 Å². The third-order valence-electron chi connectivity index (χ3n) is 3.09. The number of aromatic nitrogens is 2. The molecule has 0 spiro atoms. The zero-order valence-corrected chi connectivity index (χ0v) is 11.0. The van der Waals surface area contributed by atoms with Crippen LogP contribution in [-0.2, 0) is 7.05 Å². The van der Waals surface area contributed by atoms with Crippen LogP contribution in [0.25, 0.3) is 0 Å². The summed E-state index contributed by atoms with van der Waals surface area (Å²) in [4.78, 5) is 4.50. The van der Waals surface area contributed by atoms with Gasteiger partial charge in [-0.1, -0.05) is 6.92 Å². The van der Waals surface area contributed by atoms with Gasteiger partial charge < -0.3 is 9.88 Å². The maximum absolute atomic E-state index is 4.50. The predicted octanol–water partition coefficient (Wildman–Crippen LogP) is 2.36. The van der Waals surface area contributed by atoms with E-state index in [0.717, 1.165) is 6.54 Å². The molecular formula is C12H21N3S. The molecule has 90 valence electrons. The van der Waals surface area contributed by atoms with Gasteiger partial charge in [0.25, 0.3) is 0 Å². The van der Waals surface area contributed by atoms with E-state index < -0.39 is 0 Å². The second-order valence-corrected chi connectivity index (χ2v) is 5.73. The molecule has 0 aromatic carbocycles. The fourth-order valence-electron chi connectivity index (χ4n) is 2.23. The first-order chi connectivity index (χ1) is 7.83. The van der Waals surface area contributed by atoms with Crippen molar-refractivity contribution in [1.29, 1.82) is 0 Å². The van der Waals surface area contributed by atoms with Gasteiger partial charge in [-0.15, -0.1) is 0 Å². The smallest absolute Gasteiger partial charge is 0.126 e. The molecule has 0 aliphatic carbocycles. The van der Waals surface area contributed by atoms with Gasteiger partial charge in [0, 0.05) is 24.7 Å². The van der Waals surface area contributed by atoms with Crippen molar-refractivity contribution in [2.75, 3.05) is 12.3 Å². The Morgan fingerprint density at radius 3 is 3.12 bits per heavy atom. The van der Waals surface area contributed by atoms with Crippen molar-refractivity contribution in [3.63, 3.8) is 0 Å². The standard InChI is InChI=1S/C12H21N3S/c1-3-6-13-11(10-5-4-9-16-10)12-14-7-8-15(12)2/h7-8,10-11,13H,3-6,9H2,1-2H3. The maximum atomic E-state index is 4.50. The van der Waals surface area contributed by atoms with Gasteiger partial charge >= 0.3 is 0 Å². The number of nitrogens with one attached hydrogen (secondary N) is 1. The molecule has 1 aromatic rings. The normalized spacial score (nSPS) is 22.5. The van der Waals surface area contributed by atoms with E-state index in [-0.39, 0.29) is 0 Å². The lowest BCUT2D eigenvalue weighted by atomic mass is 10.1. The number of hydrogen-bond acceptors (Lipinski definition) is 3. The van der Waals surface area contributed by atoms with Crippen molar-refractivity contribution in [2.45, 2.75) is 37.5 Å². The van der Waals surface area contributed by atoms with E-state index in [1.807, 2.05) is 12.4 Å².